The fraction of sp³-hybridized carbons (Fsp3) is 0.571. The summed E-state index contributed by atoms with van der Waals surface area (Å²) in [5, 5.41) is 3.25. The third-order valence-corrected chi connectivity index (χ3v) is 3.78. The van der Waals surface area contributed by atoms with Crippen LogP contribution in [0.2, 0.25) is 0 Å². The van der Waals surface area contributed by atoms with Gasteiger partial charge in [0.05, 0.1) is 6.61 Å². The Morgan fingerprint density at radius 2 is 2.33 bits per heavy atom. The van der Waals surface area contributed by atoms with E-state index in [9.17, 15) is 0 Å². The van der Waals surface area contributed by atoms with E-state index in [-0.39, 0.29) is 12.1 Å². The molecular formula is C14H20BrNO2. The first-order valence-electron chi connectivity index (χ1n) is 6.42. The molecule has 1 aliphatic heterocycles. The normalized spacial score (nSPS) is 21.6. The predicted octanol–water partition coefficient (Wildman–Crippen LogP) is 3.29. The lowest BCUT2D eigenvalue weighted by Gasteiger charge is -2.25. The largest absolute Gasteiger partial charge is 0.488 e. The van der Waals surface area contributed by atoms with Gasteiger partial charge in [0.25, 0.3) is 0 Å². The average Bonchev–Trinajstić information content (AvgIpc) is 2.41. The average molecular weight is 314 g/mol. The molecule has 0 amide bonds. The van der Waals surface area contributed by atoms with Gasteiger partial charge in [-0.3, -0.25) is 0 Å². The van der Waals surface area contributed by atoms with Gasteiger partial charge in [0.2, 0.25) is 0 Å². The summed E-state index contributed by atoms with van der Waals surface area (Å²) in [4.78, 5) is 0. The van der Waals surface area contributed by atoms with E-state index in [4.69, 9.17) is 9.47 Å². The van der Waals surface area contributed by atoms with Gasteiger partial charge in [0, 0.05) is 22.7 Å². The van der Waals surface area contributed by atoms with Crippen molar-refractivity contribution < 1.29 is 9.47 Å². The van der Waals surface area contributed by atoms with Crippen LogP contribution in [0.3, 0.4) is 0 Å². The molecular weight excluding hydrogens is 294 g/mol. The van der Waals surface area contributed by atoms with Gasteiger partial charge in [-0.15, -0.1) is 0 Å². The second-order valence-corrected chi connectivity index (χ2v) is 5.57. The molecule has 1 N–H and O–H groups in total. The first kappa shape index (κ1) is 13.8. The van der Waals surface area contributed by atoms with Crippen LogP contribution in [-0.2, 0) is 4.74 Å². The van der Waals surface area contributed by atoms with E-state index >= 15 is 0 Å². The summed E-state index contributed by atoms with van der Waals surface area (Å²) in [6.07, 6.45) is 2.34. The summed E-state index contributed by atoms with van der Waals surface area (Å²) in [5.41, 5.74) is 1.18. The van der Waals surface area contributed by atoms with Gasteiger partial charge in [-0.25, -0.2) is 0 Å². The Labute approximate surface area is 117 Å². The predicted molar refractivity (Wildman–Crippen MR) is 76.1 cm³/mol. The topological polar surface area (TPSA) is 30.5 Å². The zero-order chi connectivity index (χ0) is 13.0. The van der Waals surface area contributed by atoms with Crippen molar-refractivity contribution in [3.05, 3.63) is 28.2 Å². The Balaban J connectivity index is 2.15. The molecule has 2 unspecified atom stereocenters. The van der Waals surface area contributed by atoms with Crippen molar-refractivity contribution in [3.8, 4) is 5.75 Å². The van der Waals surface area contributed by atoms with Gasteiger partial charge in [-0.1, -0.05) is 15.9 Å². The van der Waals surface area contributed by atoms with E-state index < -0.39 is 0 Å². The monoisotopic (exact) mass is 313 g/mol. The number of halogens is 1. The summed E-state index contributed by atoms with van der Waals surface area (Å²) >= 11 is 3.51. The highest BCUT2D eigenvalue weighted by Crippen LogP contribution is 2.30. The molecule has 1 aliphatic rings. The number of hydrogen-bond acceptors (Lipinski definition) is 3. The van der Waals surface area contributed by atoms with Crippen LogP contribution in [0.1, 0.15) is 31.4 Å². The van der Waals surface area contributed by atoms with Crippen molar-refractivity contribution in [1.29, 1.82) is 0 Å². The second-order valence-electron chi connectivity index (χ2n) is 4.65. The Morgan fingerprint density at radius 1 is 1.50 bits per heavy atom. The molecule has 1 aromatic rings. The van der Waals surface area contributed by atoms with E-state index in [1.54, 1.807) is 0 Å². The van der Waals surface area contributed by atoms with Crippen molar-refractivity contribution in [2.24, 2.45) is 0 Å². The van der Waals surface area contributed by atoms with Gasteiger partial charge in [0.15, 0.2) is 0 Å². The van der Waals surface area contributed by atoms with E-state index in [0.29, 0.717) is 6.61 Å². The van der Waals surface area contributed by atoms with Crippen molar-refractivity contribution in [1.82, 2.24) is 5.32 Å². The second kappa shape index (κ2) is 6.55. The molecule has 0 bridgehead atoms. The van der Waals surface area contributed by atoms with Gasteiger partial charge in [-0.2, -0.15) is 0 Å². The summed E-state index contributed by atoms with van der Waals surface area (Å²) < 4.78 is 12.6. The molecule has 0 saturated carbocycles. The van der Waals surface area contributed by atoms with Gasteiger partial charge >= 0.3 is 0 Å². The summed E-state index contributed by atoms with van der Waals surface area (Å²) in [5.74, 6) is 0.954. The molecule has 1 heterocycles. The van der Waals surface area contributed by atoms with Crippen LogP contribution in [0.25, 0.3) is 0 Å². The van der Waals surface area contributed by atoms with E-state index in [2.05, 4.69) is 34.2 Å². The maximum atomic E-state index is 6.08. The molecule has 0 aliphatic carbocycles. The number of rotatable bonds is 4. The number of ether oxygens (including phenoxy) is 2. The van der Waals surface area contributed by atoms with Crippen LogP contribution in [0.15, 0.2) is 22.7 Å². The number of benzene rings is 1. The quantitative estimate of drug-likeness (QED) is 0.925. The molecule has 2 rings (SSSR count). The Bertz CT molecular complexity index is 391. The van der Waals surface area contributed by atoms with E-state index in [0.717, 1.165) is 29.7 Å². The molecule has 100 valence electrons. The van der Waals surface area contributed by atoms with Crippen LogP contribution in [0.5, 0.6) is 5.75 Å². The summed E-state index contributed by atoms with van der Waals surface area (Å²) in [6, 6.07) is 6.43. The highest BCUT2D eigenvalue weighted by Gasteiger charge is 2.18. The van der Waals surface area contributed by atoms with E-state index in [1.807, 2.05) is 19.2 Å². The molecule has 2 atom stereocenters. The maximum absolute atomic E-state index is 6.08. The maximum Gasteiger partial charge on any atom is 0.124 e. The van der Waals surface area contributed by atoms with Crippen LogP contribution >= 0.6 is 15.9 Å². The fourth-order valence-corrected chi connectivity index (χ4v) is 2.48. The molecule has 0 aromatic heterocycles. The Kier molecular flexibility index (Phi) is 5.03. The molecule has 0 radical (unpaired) electrons. The van der Waals surface area contributed by atoms with Crippen molar-refractivity contribution >= 4 is 15.9 Å². The molecule has 1 saturated heterocycles. The minimum Gasteiger partial charge on any atom is -0.488 e. The first-order chi connectivity index (χ1) is 8.70. The SMILES string of the molecule is CNC(C)c1cc(Br)ccc1OC1CCCOC1. The molecule has 1 aromatic carbocycles. The standard InChI is InChI=1S/C14H20BrNO2/c1-10(16-2)13-8-11(15)5-6-14(13)18-12-4-3-7-17-9-12/h5-6,8,10,12,16H,3-4,7,9H2,1-2H3. The highest BCUT2D eigenvalue weighted by molar-refractivity contribution is 9.10. The molecule has 3 nitrogen and oxygen atoms in total. The third kappa shape index (κ3) is 3.46. The lowest BCUT2D eigenvalue weighted by Crippen LogP contribution is -2.28. The molecule has 1 fully saturated rings. The van der Waals surface area contributed by atoms with Gasteiger partial charge in [-0.05, 0) is 45.0 Å². The van der Waals surface area contributed by atoms with Crippen LogP contribution in [-0.4, -0.2) is 26.4 Å². The summed E-state index contributed by atoms with van der Waals surface area (Å²) in [7, 11) is 1.96. The van der Waals surface area contributed by atoms with E-state index in [1.165, 1.54) is 5.56 Å². The molecule has 0 spiro atoms. The Morgan fingerprint density at radius 3 is 3.00 bits per heavy atom. The number of nitrogens with one attached hydrogen (secondary N) is 1. The van der Waals surface area contributed by atoms with Crippen molar-refractivity contribution in [2.45, 2.75) is 31.9 Å². The lowest BCUT2D eigenvalue weighted by molar-refractivity contribution is 0.00687. The van der Waals surface area contributed by atoms with Crippen LogP contribution in [0.4, 0.5) is 0 Å². The highest BCUT2D eigenvalue weighted by atomic mass is 79.9. The molecule has 18 heavy (non-hydrogen) atoms. The molecule has 4 heteroatoms. The minimum absolute atomic E-state index is 0.183. The Hall–Kier alpha value is -0.580. The van der Waals surface area contributed by atoms with Crippen LogP contribution < -0.4 is 10.1 Å². The van der Waals surface area contributed by atoms with Crippen molar-refractivity contribution in [3.63, 3.8) is 0 Å². The van der Waals surface area contributed by atoms with Gasteiger partial charge in [0.1, 0.15) is 11.9 Å². The fourth-order valence-electron chi connectivity index (χ4n) is 2.10. The summed E-state index contributed by atoms with van der Waals surface area (Å²) in [6.45, 7) is 3.69. The van der Waals surface area contributed by atoms with Gasteiger partial charge < -0.3 is 14.8 Å². The first-order valence-corrected chi connectivity index (χ1v) is 7.21. The zero-order valence-electron chi connectivity index (χ0n) is 10.9. The van der Waals surface area contributed by atoms with Crippen molar-refractivity contribution in [2.75, 3.05) is 20.3 Å². The third-order valence-electron chi connectivity index (χ3n) is 3.28. The smallest absolute Gasteiger partial charge is 0.124 e. The zero-order valence-corrected chi connectivity index (χ0v) is 12.5. The minimum atomic E-state index is 0.183. The number of hydrogen-bond donors (Lipinski definition) is 1. The van der Waals surface area contributed by atoms with Crippen LogP contribution in [0, 0.1) is 0 Å². The lowest BCUT2D eigenvalue weighted by atomic mass is 10.1.